The van der Waals surface area contributed by atoms with Gasteiger partial charge in [0.25, 0.3) is 0 Å². The number of benzene rings is 2. The molecule has 3 rings (SSSR count). The van der Waals surface area contributed by atoms with Gasteiger partial charge in [0, 0.05) is 5.39 Å². The molecule has 0 bridgehead atoms. The lowest BCUT2D eigenvalue weighted by molar-refractivity contribution is 0.111. The first-order chi connectivity index (χ1) is 9.86. The second-order valence-electron chi connectivity index (χ2n) is 4.46. The molecule has 98 valence electrons. The minimum absolute atomic E-state index is 0.410. The summed E-state index contributed by atoms with van der Waals surface area (Å²) >= 11 is 0. The van der Waals surface area contributed by atoms with Gasteiger partial charge in [-0.25, -0.2) is 4.98 Å². The van der Waals surface area contributed by atoms with Gasteiger partial charge in [-0.1, -0.05) is 48.5 Å². The quantitative estimate of drug-likeness (QED) is 0.675. The molecule has 0 saturated carbocycles. The third-order valence-electron chi connectivity index (χ3n) is 3.06. The Morgan fingerprint density at radius 1 is 0.950 bits per heavy atom. The maximum Gasteiger partial charge on any atom is 0.168 e. The summed E-state index contributed by atoms with van der Waals surface area (Å²) in [5.74, 6) is 0.690. The molecular formula is C17H13NO2. The third-order valence-corrected chi connectivity index (χ3v) is 3.06. The number of fused-ring (bicyclic) bond motifs is 1. The predicted molar refractivity (Wildman–Crippen MR) is 77.9 cm³/mol. The van der Waals surface area contributed by atoms with Crippen molar-refractivity contribution < 1.29 is 9.53 Å². The average molecular weight is 263 g/mol. The fraction of sp³-hybridized carbons (Fsp3) is 0.0588. The fourth-order valence-electron chi connectivity index (χ4n) is 2.05. The lowest BCUT2D eigenvalue weighted by atomic mass is 10.2. The summed E-state index contributed by atoms with van der Waals surface area (Å²) in [5, 5.41) is 0.959. The number of carbonyl (C=O) groups excluding carboxylic acids is 1. The normalized spacial score (nSPS) is 10.4. The average Bonchev–Trinajstić information content (AvgIpc) is 2.53. The Balaban J connectivity index is 1.92. The fourth-order valence-corrected chi connectivity index (χ4v) is 2.05. The van der Waals surface area contributed by atoms with E-state index in [1.807, 2.05) is 54.6 Å². The van der Waals surface area contributed by atoms with Crippen LogP contribution in [0.4, 0.5) is 0 Å². The maximum absolute atomic E-state index is 10.8. The van der Waals surface area contributed by atoms with Crippen LogP contribution in [-0.2, 0) is 6.61 Å². The lowest BCUT2D eigenvalue weighted by Gasteiger charge is -2.09. The van der Waals surface area contributed by atoms with E-state index < -0.39 is 0 Å². The van der Waals surface area contributed by atoms with Crippen LogP contribution < -0.4 is 4.74 Å². The highest BCUT2D eigenvalue weighted by Crippen LogP contribution is 2.24. The molecule has 3 aromatic rings. The van der Waals surface area contributed by atoms with Crippen molar-refractivity contribution in [1.29, 1.82) is 0 Å². The number of para-hydroxylation sites is 1. The zero-order valence-corrected chi connectivity index (χ0v) is 10.8. The number of ether oxygens (including phenoxy) is 1. The first-order valence-corrected chi connectivity index (χ1v) is 6.38. The van der Waals surface area contributed by atoms with Crippen LogP contribution in [0.25, 0.3) is 10.9 Å². The van der Waals surface area contributed by atoms with Gasteiger partial charge in [-0.15, -0.1) is 0 Å². The molecule has 0 atom stereocenters. The van der Waals surface area contributed by atoms with Gasteiger partial charge in [0.15, 0.2) is 6.29 Å². The molecule has 1 aromatic heterocycles. The largest absolute Gasteiger partial charge is 0.487 e. The van der Waals surface area contributed by atoms with E-state index in [-0.39, 0.29) is 0 Å². The number of aldehydes is 1. The van der Waals surface area contributed by atoms with Crippen LogP contribution in [0.1, 0.15) is 16.1 Å². The first kappa shape index (κ1) is 12.4. The van der Waals surface area contributed by atoms with Gasteiger partial charge in [0.1, 0.15) is 23.6 Å². The van der Waals surface area contributed by atoms with Crippen molar-refractivity contribution in [1.82, 2.24) is 4.98 Å². The lowest BCUT2D eigenvalue weighted by Crippen LogP contribution is -1.97. The van der Waals surface area contributed by atoms with Crippen molar-refractivity contribution in [2.24, 2.45) is 0 Å². The molecule has 0 spiro atoms. The molecule has 3 nitrogen and oxygen atoms in total. The number of hydrogen-bond donors (Lipinski definition) is 0. The van der Waals surface area contributed by atoms with E-state index in [2.05, 4.69) is 4.98 Å². The van der Waals surface area contributed by atoms with E-state index in [4.69, 9.17) is 4.74 Å². The number of aromatic nitrogens is 1. The van der Waals surface area contributed by atoms with Crippen LogP contribution >= 0.6 is 0 Å². The Labute approximate surface area is 116 Å². The molecule has 0 aliphatic rings. The van der Waals surface area contributed by atoms with Gasteiger partial charge < -0.3 is 4.74 Å². The summed E-state index contributed by atoms with van der Waals surface area (Å²) in [5.41, 5.74) is 2.22. The summed E-state index contributed by atoms with van der Waals surface area (Å²) in [6, 6.07) is 19.3. The van der Waals surface area contributed by atoms with Crippen molar-refractivity contribution in [3.05, 3.63) is 71.9 Å². The SMILES string of the molecule is O=Cc1ccc2cccc(OCc3ccccc3)c2n1. The molecule has 0 aliphatic heterocycles. The van der Waals surface area contributed by atoms with Gasteiger partial charge in [0.05, 0.1) is 0 Å². The Morgan fingerprint density at radius 3 is 2.60 bits per heavy atom. The van der Waals surface area contributed by atoms with Crippen LogP contribution in [0.15, 0.2) is 60.7 Å². The third kappa shape index (κ3) is 2.52. The highest BCUT2D eigenvalue weighted by molar-refractivity contribution is 5.87. The Kier molecular flexibility index (Phi) is 3.42. The highest BCUT2D eigenvalue weighted by Gasteiger charge is 2.05. The van der Waals surface area contributed by atoms with Gasteiger partial charge in [-0.2, -0.15) is 0 Å². The Bertz CT molecular complexity index is 738. The van der Waals surface area contributed by atoms with Crippen LogP contribution in [0.2, 0.25) is 0 Å². The van der Waals surface area contributed by atoms with Crippen molar-refractivity contribution >= 4 is 17.2 Å². The molecule has 0 N–H and O–H groups in total. The molecule has 20 heavy (non-hydrogen) atoms. The van der Waals surface area contributed by atoms with E-state index in [9.17, 15) is 4.79 Å². The van der Waals surface area contributed by atoms with Crippen LogP contribution in [0.3, 0.4) is 0 Å². The van der Waals surface area contributed by atoms with E-state index in [0.29, 0.717) is 23.6 Å². The monoisotopic (exact) mass is 263 g/mol. The van der Waals surface area contributed by atoms with Crippen LogP contribution in [0, 0.1) is 0 Å². The maximum atomic E-state index is 10.8. The second kappa shape index (κ2) is 5.53. The Hall–Kier alpha value is -2.68. The minimum atomic E-state index is 0.410. The summed E-state index contributed by atoms with van der Waals surface area (Å²) in [6.45, 7) is 0.479. The summed E-state index contributed by atoms with van der Waals surface area (Å²) in [7, 11) is 0. The van der Waals surface area contributed by atoms with Crippen molar-refractivity contribution in [3.63, 3.8) is 0 Å². The minimum Gasteiger partial charge on any atom is -0.487 e. The van der Waals surface area contributed by atoms with Crippen LogP contribution in [-0.4, -0.2) is 11.3 Å². The van der Waals surface area contributed by atoms with Crippen molar-refractivity contribution in [2.75, 3.05) is 0 Å². The summed E-state index contributed by atoms with van der Waals surface area (Å²) in [4.78, 5) is 15.2. The van der Waals surface area contributed by atoms with Crippen molar-refractivity contribution in [2.45, 2.75) is 6.61 Å². The predicted octanol–water partition coefficient (Wildman–Crippen LogP) is 3.63. The number of hydrogen-bond acceptors (Lipinski definition) is 3. The van der Waals surface area contributed by atoms with Crippen molar-refractivity contribution in [3.8, 4) is 5.75 Å². The zero-order chi connectivity index (χ0) is 13.8. The van der Waals surface area contributed by atoms with E-state index in [1.165, 1.54) is 0 Å². The highest BCUT2D eigenvalue weighted by atomic mass is 16.5. The molecule has 0 unspecified atom stereocenters. The molecule has 1 heterocycles. The molecular weight excluding hydrogens is 250 g/mol. The summed E-state index contributed by atoms with van der Waals surface area (Å²) < 4.78 is 5.83. The molecule has 0 amide bonds. The van der Waals surface area contributed by atoms with E-state index in [0.717, 1.165) is 17.2 Å². The molecule has 2 aromatic carbocycles. The standard InChI is InChI=1S/C17H13NO2/c19-11-15-10-9-14-7-4-8-16(17(14)18-15)20-12-13-5-2-1-3-6-13/h1-11H,12H2. The second-order valence-corrected chi connectivity index (χ2v) is 4.46. The zero-order valence-electron chi connectivity index (χ0n) is 10.8. The van der Waals surface area contributed by atoms with Gasteiger partial charge in [-0.05, 0) is 17.7 Å². The van der Waals surface area contributed by atoms with Crippen LogP contribution in [0.5, 0.6) is 5.75 Å². The number of pyridine rings is 1. The summed E-state index contributed by atoms with van der Waals surface area (Å²) in [6.07, 6.45) is 0.743. The number of carbonyl (C=O) groups is 1. The first-order valence-electron chi connectivity index (χ1n) is 6.38. The number of rotatable bonds is 4. The number of nitrogens with zero attached hydrogens (tertiary/aromatic N) is 1. The molecule has 0 radical (unpaired) electrons. The van der Waals surface area contributed by atoms with E-state index in [1.54, 1.807) is 6.07 Å². The van der Waals surface area contributed by atoms with Gasteiger partial charge >= 0.3 is 0 Å². The molecule has 0 aliphatic carbocycles. The molecule has 0 fully saturated rings. The van der Waals surface area contributed by atoms with E-state index >= 15 is 0 Å². The topological polar surface area (TPSA) is 39.2 Å². The Morgan fingerprint density at radius 2 is 1.80 bits per heavy atom. The van der Waals surface area contributed by atoms with Gasteiger partial charge in [-0.3, -0.25) is 4.79 Å². The molecule has 0 saturated heterocycles. The molecule has 3 heteroatoms. The smallest absolute Gasteiger partial charge is 0.168 e. The van der Waals surface area contributed by atoms with Gasteiger partial charge in [0.2, 0.25) is 0 Å².